The van der Waals surface area contributed by atoms with Gasteiger partial charge in [0, 0.05) is 37.3 Å². The standard InChI is InChI=1S/C28H30N6O5.C25H26N6O5/c1-28(2)38-18-19(39-28)17-37-23-7-4-3-6-20(23)21-10-11-25-29-16-22(34(25)32-21)27(35)31-24-8-5-9-26(30-24)33-12-14-36-15-13-33;32-15-17(33)16-36-21-5-2-1-4-18(21)19-8-9-23-26-14-20(31(23)29-19)25(34)28-22-6-3-7-24(27-22)30-10-12-35-13-11-30/h3-11,16,19H,12-15,17-18H2,1-2H3,(H,30,31,35);1-9,14,17,32-33H,10-13,15-16H2,(H,27,28,34). The van der Waals surface area contributed by atoms with Crippen molar-refractivity contribution in [2.75, 3.05) is 99.5 Å². The van der Waals surface area contributed by atoms with E-state index >= 15 is 0 Å². The molecule has 9 heterocycles. The Hall–Kier alpha value is -8.12. The Labute approximate surface area is 430 Å². The van der Waals surface area contributed by atoms with E-state index in [1.54, 1.807) is 36.4 Å². The molecule has 0 aliphatic carbocycles. The van der Waals surface area contributed by atoms with Crippen LogP contribution in [0.4, 0.5) is 23.3 Å². The number of benzene rings is 2. The van der Waals surface area contributed by atoms with E-state index in [0.29, 0.717) is 96.7 Å². The number of hydrogen-bond acceptors (Lipinski definition) is 18. The van der Waals surface area contributed by atoms with Crippen LogP contribution >= 0.6 is 0 Å². The predicted octanol–water partition coefficient (Wildman–Crippen LogP) is 5.02. The maximum Gasteiger partial charge on any atom is 0.277 e. The van der Waals surface area contributed by atoms with Crippen LogP contribution in [0, 0.1) is 0 Å². The molecule has 11 rings (SSSR count). The van der Waals surface area contributed by atoms with Crippen LogP contribution in [0.25, 0.3) is 33.8 Å². The first-order valence-electron chi connectivity index (χ1n) is 24.5. The van der Waals surface area contributed by atoms with E-state index in [4.69, 9.17) is 38.6 Å². The summed E-state index contributed by atoms with van der Waals surface area (Å²) in [4.78, 5) is 48.5. The zero-order valence-corrected chi connectivity index (χ0v) is 41.3. The summed E-state index contributed by atoms with van der Waals surface area (Å²) in [5.74, 6) is 2.24. The number of carbonyl (C=O) groups is 2. The Kier molecular flexibility index (Phi) is 15.4. The largest absolute Gasteiger partial charge is 0.490 e. The molecule has 22 nitrogen and oxygen atoms in total. The SMILES string of the molecule is CC1(C)OCC(COc2ccccc2-c2ccc3ncc(C(=O)Nc4cccc(N5CCOCC5)n4)n3n2)O1.O=C(Nc1cccc(N2CCOCC2)n1)c1cnc2ccc(-c3ccccc3OCC(O)CO)nn12. The smallest absolute Gasteiger partial charge is 0.277 e. The number of fused-ring (bicyclic) bond motifs is 2. The molecule has 4 N–H and O–H groups in total. The number of nitrogens with one attached hydrogen (secondary N) is 2. The summed E-state index contributed by atoms with van der Waals surface area (Å²) in [5, 5.41) is 33.8. The number of carbonyl (C=O) groups excluding carboxylic acids is 2. The average Bonchev–Trinajstić information content (AvgIpc) is 4.18. The molecule has 3 aliphatic heterocycles. The van der Waals surface area contributed by atoms with Gasteiger partial charge in [-0.25, -0.2) is 29.0 Å². The third-order valence-corrected chi connectivity index (χ3v) is 12.3. The number of hydrogen-bond donors (Lipinski definition) is 4. The highest BCUT2D eigenvalue weighted by atomic mass is 16.7. The predicted molar refractivity (Wildman–Crippen MR) is 276 cm³/mol. The Bertz CT molecular complexity index is 3270. The summed E-state index contributed by atoms with van der Waals surface area (Å²) in [7, 11) is 0. The van der Waals surface area contributed by atoms with Crippen LogP contribution in [0.3, 0.4) is 0 Å². The summed E-state index contributed by atoms with van der Waals surface area (Å²) >= 11 is 0. The molecule has 22 heteroatoms. The van der Waals surface area contributed by atoms with E-state index in [0.717, 1.165) is 43.4 Å². The highest BCUT2D eigenvalue weighted by Gasteiger charge is 2.33. The van der Waals surface area contributed by atoms with Gasteiger partial charge in [0.15, 0.2) is 28.5 Å². The molecule has 0 bridgehead atoms. The molecule has 8 aromatic rings. The molecule has 2 atom stereocenters. The number of pyridine rings is 2. The molecule has 75 heavy (non-hydrogen) atoms. The number of aromatic nitrogens is 8. The number of para-hydroxylation sites is 2. The number of aliphatic hydroxyl groups is 2. The molecular weight excluding hydrogens is 965 g/mol. The van der Waals surface area contributed by atoms with Gasteiger partial charge in [-0.2, -0.15) is 10.2 Å². The first-order chi connectivity index (χ1) is 36.6. The van der Waals surface area contributed by atoms with Crippen LogP contribution in [0.15, 0.2) is 122 Å². The Morgan fingerprint density at radius 3 is 1.64 bits per heavy atom. The van der Waals surface area contributed by atoms with E-state index in [1.165, 1.54) is 21.4 Å². The number of amides is 2. The third-order valence-electron chi connectivity index (χ3n) is 12.3. The van der Waals surface area contributed by atoms with Gasteiger partial charge < -0.3 is 59.1 Å². The summed E-state index contributed by atoms with van der Waals surface area (Å²) < 4.78 is 37.1. The Morgan fingerprint density at radius 1 is 0.667 bits per heavy atom. The molecule has 0 radical (unpaired) electrons. The highest BCUT2D eigenvalue weighted by Crippen LogP contribution is 2.32. The summed E-state index contributed by atoms with van der Waals surface area (Å²) in [6, 6.07) is 33.1. The summed E-state index contributed by atoms with van der Waals surface area (Å²) in [6.07, 6.45) is 1.82. The minimum Gasteiger partial charge on any atom is -0.490 e. The van der Waals surface area contributed by atoms with Crippen molar-refractivity contribution in [2.45, 2.75) is 31.8 Å². The molecule has 0 saturated carbocycles. The third kappa shape index (κ3) is 12.1. The minimum absolute atomic E-state index is 0.0645. The molecule has 2 amide bonds. The number of rotatable bonds is 15. The first-order valence-corrected chi connectivity index (χ1v) is 24.5. The van der Waals surface area contributed by atoms with Gasteiger partial charge in [0.05, 0.1) is 63.4 Å². The van der Waals surface area contributed by atoms with Crippen molar-refractivity contribution in [3.63, 3.8) is 0 Å². The van der Waals surface area contributed by atoms with Crippen molar-refractivity contribution in [3.05, 3.63) is 133 Å². The molecule has 3 fully saturated rings. The highest BCUT2D eigenvalue weighted by molar-refractivity contribution is 6.03. The van der Waals surface area contributed by atoms with Gasteiger partial charge in [0.25, 0.3) is 11.8 Å². The molecule has 0 spiro atoms. The maximum absolute atomic E-state index is 13.3. The lowest BCUT2D eigenvalue weighted by Crippen LogP contribution is -2.36. The molecule has 6 aromatic heterocycles. The van der Waals surface area contributed by atoms with Crippen molar-refractivity contribution in [2.24, 2.45) is 0 Å². The van der Waals surface area contributed by atoms with Crippen LogP contribution in [-0.4, -0.2) is 158 Å². The van der Waals surface area contributed by atoms with Crippen LogP contribution < -0.4 is 29.9 Å². The van der Waals surface area contributed by atoms with Crippen molar-refractivity contribution < 1.29 is 48.2 Å². The number of ether oxygens (including phenoxy) is 6. The average molecular weight is 1020 g/mol. The Morgan fingerprint density at radius 2 is 1.16 bits per heavy atom. The lowest BCUT2D eigenvalue weighted by molar-refractivity contribution is -0.141. The van der Waals surface area contributed by atoms with Crippen molar-refractivity contribution in [3.8, 4) is 34.0 Å². The lowest BCUT2D eigenvalue weighted by atomic mass is 10.1. The summed E-state index contributed by atoms with van der Waals surface area (Å²) in [5.41, 5.74) is 4.26. The quantitative estimate of drug-likeness (QED) is 0.105. The van der Waals surface area contributed by atoms with Gasteiger partial charge in [-0.3, -0.25) is 9.59 Å². The molecule has 2 aromatic carbocycles. The second kappa shape index (κ2) is 23.0. The van der Waals surface area contributed by atoms with Gasteiger partial charge in [0.2, 0.25) is 0 Å². The van der Waals surface area contributed by atoms with Crippen molar-refractivity contribution in [1.29, 1.82) is 0 Å². The van der Waals surface area contributed by atoms with Crippen LogP contribution in [0.5, 0.6) is 11.5 Å². The van der Waals surface area contributed by atoms with Crippen molar-refractivity contribution in [1.82, 2.24) is 39.2 Å². The van der Waals surface area contributed by atoms with E-state index in [-0.39, 0.29) is 24.3 Å². The Balaban J connectivity index is 0.000000172. The first kappa shape index (κ1) is 50.4. The zero-order chi connectivity index (χ0) is 51.7. The monoisotopic (exact) mass is 1020 g/mol. The van der Waals surface area contributed by atoms with Crippen LogP contribution in [-0.2, 0) is 18.9 Å². The minimum atomic E-state index is -0.993. The number of aliphatic hydroxyl groups excluding tert-OH is 2. The van der Waals surface area contributed by atoms with Gasteiger partial charge in [-0.15, -0.1) is 0 Å². The van der Waals surface area contributed by atoms with E-state index < -0.39 is 24.4 Å². The lowest BCUT2D eigenvalue weighted by Gasteiger charge is -2.27. The second-order valence-corrected chi connectivity index (χ2v) is 18.0. The number of anilines is 4. The fourth-order valence-electron chi connectivity index (χ4n) is 8.50. The molecule has 3 aliphatic rings. The maximum atomic E-state index is 13.3. The van der Waals surface area contributed by atoms with E-state index in [1.807, 2.05) is 86.6 Å². The molecule has 2 unspecified atom stereocenters. The number of nitrogens with zero attached hydrogens (tertiary/aromatic N) is 10. The fourth-order valence-corrected chi connectivity index (χ4v) is 8.50. The van der Waals surface area contributed by atoms with E-state index in [9.17, 15) is 14.7 Å². The molecule has 3 saturated heterocycles. The van der Waals surface area contributed by atoms with Crippen LogP contribution in [0.2, 0.25) is 0 Å². The molecular formula is C53H56N12O10. The fraction of sp³-hybridized carbons (Fsp3) is 0.321. The summed E-state index contributed by atoms with van der Waals surface area (Å²) in [6.45, 7) is 9.73. The van der Waals surface area contributed by atoms with Gasteiger partial charge >= 0.3 is 0 Å². The zero-order valence-electron chi connectivity index (χ0n) is 41.3. The number of imidazole rings is 2. The van der Waals surface area contributed by atoms with Gasteiger partial charge in [0.1, 0.15) is 60.2 Å². The van der Waals surface area contributed by atoms with E-state index in [2.05, 4.69) is 45.5 Å². The topological polar surface area (TPSA) is 247 Å². The van der Waals surface area contributed by atoms with Gasteiger partial charge in [-0.1, -0.05) is 36.4 Å². The normalized spacial score (nSPS) is 16.8. The number of morpholine rings is 2. The van der Waals surface area contributed by atoms with Crippen LogP contribution in [0.1, 0.15) is 34.8 Å². The second-order valence-electron chi connectivity index (χ2n) is 18.0. The van der Waals surface area contributed by atoms with Gasteiger partial charge in [-0.05, 0) is 86.6 Å². The van der Waals surface area contributed by atoms with Crippen molar-refractivity contribution >= 4 is 46.4 Å². The molecule has 388 valence electrons.